The van der Waals surface area contributed by atoms with Gasteiger partial charge in [0, 0.05) is 30.9 Å². The first-order chi connectivity index (χ1) is 16.4. The summed E-state index contributed by atoms with van der Waals surface area (Å²) in [6.45, 7) is 0.342. The first-order valence-electron chi connectivity index (χ1n) is 11.0. The van der Waals surface area contributed by atoms with Gasteiger partial charge in [-0.05, 0) is 43.4 Å². The van der Waals surface area contributed by atoms with Crippen molar-refractivity contribution in [3.63, 3.8) is 0 Å². The van der Waals surface area contributed by atoms with Gasteiger partial charge in [0.2, 0.25) is 11.8 Å². The van der Waals surface area contributed by atoms with Crippen molar-refractivity contribution >= 4 is 24.0 Å². The molecule has 2 fully saturated rings. The topological polar surface area (TPSA) is 137 Å². The van der Waals surface area contributed by atoms with Gasteiger partial charge < -0.3 is 24.9 Å². The van der Waals surface area contributed by atoms with Crippen molar-refractivity contribution in [1.29, 1.82) is 5.26 Å². The first kappa shape index (κ1) is 23.1. The number of nitrogens with zero attached hydrogens (tertiary/aromatic N) is 4. The molecule has 1 saturated carbocycles. The summed E-state index contributed by atoms with van der Waals surface area (Å²) in [4.78, 5) is 54.4. The standard InChI is InChI=1S/C23H23FN6O4/c24-17-11-15(3-4-18(17)29-9-7-26-13-29)21(32)28-20(14-1-2-14)23(34)30-8-5-19(30)22(33)27-16(12-25)6-10-31/h3-4,7,9-11,13-14,16,19-20H,1-2,5-6,8H2,(H,27,33)(H,28,32). The van der Waals surface area contributed by atoms with E-state index in [1.165, 1.54) is 34.1 Å². The summed E-state index contributed by atoms with van der Waals surface area (Å²) in [7, 11) is 0. The lowest BCUT2D eigenvalue weighted by Gasteiger charge is -2.42. The van der Waals surface area contributed by atoms with Crippen molar-refractivity contribution in [2.45, 2.75) is 43.8 Å². The minimum atomic E-state index is -0.957. The summed E-state index contributed by atoms with van der Waals surface area (Å²) < 4.78 is 16.0. The highest BCUT2D eigenvalue weighted by atomic mass is 19.1. The van der Waals surface area contributed by atoms with Gasteiger partial charge >= 0.3 is 0 Å². The molecule has 34 heavy (non-hydrogen) atoms. The molecule has 1 saturated heterocycles. The van der Waals surface area contributed by atoms with Gasteiger partial charge in [-0.1, -0.05) is 0 Å². The molecule has 1 aliphatic carbocycles. The van der Waals surface area contributed by atoms with Crippen LogP contribution >= 0.6 is 0 Å². The third-order valence-electron chi connectivity index (χ3n) is 6.05. The molecule has 4 rings (SSSR count). The zero-order chi connectivity index (χ0) is 24.2. The summed E-state index contributed by atoms with van der Waals surface area (Å²) in [5.41, 5.74) is 0.312. The number of benzene rings is 1. The Labute approximate surface area is 194 Å². The van der Waals surface area contributed by atoms with Crippen LogP contribution in [0.15, 0.2) is 36.9 Å². The molecular formula is C23H23FN6O4. The average molecular weight is 466 g/mol. The number of likely N-dealkylation sites (tertiary alicyclic amines) is 1. The Bertz CT molecular complexity index is 1140. The van der Waals surface area contributed by atoms with Crippen LogP contribution in [0.25, 0.3) is 5.69 Å². The number of hydrogen-bond acceptors (Lipinski definition) is 6. The number of amides is 3. The maximum absolute atomic E-state index is 14.6. The molecule has 2 aromatic rings. The molecule has 2 N–H and O–H groups in total. The van der Waals surface area contributed by atoms with Gasteiger partial charge in [0.15, 0.2) is 0 Å². The van der Waals surface area contributed by atoms with Gasteiger partial charge in [-0.15, -0.1) is 0 Å². The number of rotatable bonds is 9. The quantitative estimate of drug-likeness (QED) is 0.523. The van der Waals surface area contributed by atoms with Gasteiger partial charge in [0.05, 0.1) is 18.1 Å². The first-order valence-corrected chi connectivity index (χ1v) is 11.0. The van der Waals surface area contributed by atoms with Gasteiger partial charge in [-0.25, -0.2) is 9.37 Å². The maximum Gasteiger partial charge on any atom is 0.252 e. The zero-order valence-corrected chi connectivity index (χ0v) is 18.2. The summed E-state index contributed by atoms with van der Waals surface area (Å²) in [5.74, 6) is -2.15. The fourth-order valence-corrected chi connectivity index (χ4v) is 3.90. The molecule has 1 aliphatic heterocycles. The Morgan fingerprint density at radius 2 is 2.06 bits per heavy atom. The van der Waals surface area contributed by atoms with Crippen LogP contribution in [-0.4, -0.2) is 63.1 Å². The van der Waals surface area contributed by atoms with Crippen LogP contribution in [0.3, 0.4) is 0 Å². The van der Waals surface area contributed by atoms with Crippen LogP contribution in [0.4, 0.5) is 4.39 Å². The van der Waals surface area contributed by atoms with E-state index in [1.54, 1.807) is 6.20 Å². The Morgan fingerprint density at radius 3 is 2.62 bits per heavy atom. The summed E-state index contributed by atoms with van der Waals surface area (Å²) in [6, 6.07) is 3.32. The van der Waals surface area contributed by atoms with E-state index in [0.29, 0.717) is 19.3 Å². The predicted octanol–water partition coefficient (Wildman–Crippen LogP) is 0.718. The number of halogens is 1. The second-order valence-corrected chi connectivity index (χ2v) is 8.35. The van der Waals surface area contributed by atoms with Gasteiger partial charge in [-0.3, -0.25) is 14.4 Å². The van der Waals surface area contributed by atoms with Crippen LogP contribution in [0.5, 0.6) is 0 Å². The molecule has 3 atom stereocenters. The van der Waals surface area contributed by atoms with Crippen molar-refractivity contribution < 1.29 is 23.6 Å². The van der Waals surface area contributed by atoms with Crippen molar-refractivity contribution in [2.75, 3.05) is 6.54 Å². The number of carbonyl (C=O) groups excluding carboxylic acids is 4. The van der Waals surface area contributed by atoms with E-state index < -0.39 is 35.8 Å². The Balaban J connectivity index is 1.42. The molecular weight excluding hydrogens is 443 g/mol. The normalized spacial score (nSPS) is 18.7. The van der Waals surface area contributed by atoms with Crippen molar-refractivity contribution in [3.05, 3.63) is 48.3 Å². The van der Waals surface area contributed by atoms with Crippen LogP contribution < -0.4 is 10.6 Å². The number of hydrogen-bond donors (Lipinski definition) is 2. The monoisotopic (exact) mass is 466 g/mol. The summed E-state index contributed by atoms with van der Waals surface area (Å²) >= 11 is 0. The van der Waals surface area contributed by atoms with Crippen molar-refractivity contribution in [2.24, 2.45) is 5.92 Å². The molecule has 1 aromatic carbocycles. The third-order valence-corrected chi connectivity index (χ3v) is 6.05. The van der Waals surface area contributed by atoms with E-state index in [9.17, 15) is 23.6 Å². The lowest BCUT2D eigenvalue weighted by Crippen LogP contribution is -2.63. The molecule has 3 unspecified atom stereocenters. The Hall–Kier alpha value is -4.07. The van der Waals surface area contributed by atoms with E-state index in [1.807, 2.05) is 6.07 Å². The highest BCUT2D eigenvalue weighted by Crippen LogP contribution is 2.35. The van der Waals surface area contributed by atoms with Crippen molar-refractivity contribution in [3.8, 4) is 11.8 Å². The molecule has 0 spiro atoms. The summed E-state index contributed by atoms with van der Waals surface area (Å²) in [5, 5.41) is 14.2. The minimum absolute atomic E-state index is 0.0576. The molecule has 11 heteroatoms. The maximum atomic E-state index is 14.6. The number of nitrogens with one attached hydrogen (secondary N) is 2. The van der Waals surface area contributed by atoms with Crippen LogP contribution in [0.2, 0.25) is 0 Å². The van der Waals surface area contributed by atoms with E-state index in [0.717, 1.165) is 18.9 Å². The highest BCUT2D eigenvalue weighted by Gasteiger charge is 2.45. The van der Waals surface area contributed by atoms with Crippen LogP contribution in [0, 0.1) is 23.1 Å². The summed E-state index contributed by atoms with van der Waals surface area (Å²) in [6.07, 6.45) is 6.87. The van der Waals surface area contributed by atoms with E-state index >= 15 is 0 Å². The molecule has 176 valence electrons. The molecule has 0 bridgehead atoms. The molecule has 2 aliphatic rings. The van der Waals surface area contributed by atoms with Gasteiger partial charge in [0.1, 0.15) is 30.2 Å². The molecule has 2 heterocycles. The molecule has 1 aromatic heterocycles. The third kappa shape index (κ3) is 4.80. The van der Waals surface area contributed by atoms with Gasteiger partial charge in [-0.2, -0.15) is 5.26 Å². The Morgan fingerprint density at radius 1 is 1.26 bits per heavy atom. The van der Waals surface area contributed by atoms with Gasteiger partial charge in [0.25, 0.3) is 5.91 Å². The molecule has 0 radical (unpaired) electrons. The second-order valence-electron chi connectivity index (χ2n) is 8.35. The number of aldehydes is 1. The number of carbonyl (C=O) groups is 4. The van der Waals surface area contributed by atoms with E-state index in [2.05, 4.69) is 15.6 Å². The highest BCUT2D eigenvalue weighted by molar-refractivity contribution is 5.99. The average Bonchev–Trinajstić information content (AvgIpc) is 3.49. The number of imidazole rings is 1. The fraction of sp³-hybridized carbons (Fsp3) is 0.391. The molecule has 10 nitrogen and oxygen atoms in total. The minimum Gasteiger partial charge on any atom is -0.340 e. The van der Waals surface area contributed by atoms with Crippen LogP contribution in [0.1, 0.15) is 36.0 Å². The largest absolute Gasteiger partial charge is 0.340 e. The van der Waals surface area contributed by atoms with E-state index in [-0.39, 0.29) is 29.5 Å². The fourth-order valence-electron chi connectivity index (χ4n) is 3.90. The lowest BCUT2D eigenvalue weighted by molar-refractivity contribution is -0.149. The SMILES string of the molecule is N#CC(CC=O)NC(=O)C1CCN1C(=O)C(NC(=O)c1ccc(-n2ccnc2)c(F)c1)C1CC1. The molecule has 3 amide bonds. The number of nitriles is 1. The Kier molecular flexibility index (Phi) is 6.67. The zero-order valence-electron chi connectivity index (χ0n) is 18.2. The second kappa shape index (κ2) is 9.82. The smallest absolute Gasteiger partial charge is 0.252 e. The number of aromatic nitrogens is 2. The van der Waals surface area contributed by atoms with Crippen LogP contribution in [-0.2, 0) is 14.4 Å². The van der Waals surface area contributed by atoms with Crippen molar-refractivity contribution in [1.82, 2.24) is 25.1 Å². The lowest BCUT2D eigenvalue weighted by atomic mass is 9.98. The predicted molar refractivity (Wildman–Crippen MR) is 116 cm³/mol. The van der Waals surface area contributed by atoms with E-state index in [4.69, 9.17) is 5.26 Å².